The highest BCUT2D eigenvalue weighted by atomic mass is 35.5. The summed E-state index contributed by atoms with van der Waals surface area (Å²) in [5.41, 5.74) is 1.98. The van der Waals surface area contributed by atoms with E-state index in [9.17, 15) is 14.0 Å². The first kappa shape index (κ1) is 23.7. The van der Waals surface area contributed by atoms with Gasteiger partial charge in [-0.25, -0.2) is 4.39 Å². The minimum absolute atomic E-state index is 0.0853. The highest BCUT2D eigenvalue weighted by Crippen LogP contribution is 2.47. The molecule has 0 radical (unpaired) electrons. The number of amides is 1. The molecule has 5 rings (SSSR count). The smallest absolute Gasteiger partial charge is 0.290 e. The van der Waals surface area contributed by atoms with Crippen LogP contribution < -0.4 is 9.47 Å². The third-order valence-corrected chi connectivity index (χ3v) is 7.55. The highest BCUT2D eigenvalue weighted by molar-refractivity contribution is 6.21. The van der Waals surface area contributed by atoms with E-state index in [0.717, 1.165) is 12.0 Å². The van der Waals surface area contributed by atoms with Gasteiger partial charge >= 0.3 is 0 Å². The number of hydrogen-bond acceptors (Lipinski definition) is 5. The minimum atomic E-state index is -0.637. The number of Topliss-reactive ketones (excluding diaryl/α,β-unsaturated/α-hetero) is 1. The lowest BCUT2D eigenvalue weighted by Crippen LogP contribution is -2.41. The molecule has 0 N–H and O–H groups in total. The van der Waals surface area contributed by atoms with Gasteiger partial charge in [-0.1, -0.05) is 18.2 Å². The number of carbonyl (C=O) groups is 2. The molecule has 2 aromatic rings. The fourth-order valence-electron chi connectivity index (χ4n) is 5.37. The van der Waals surface area contributed by atoms with E-state index in [1.165, 1.54) is 12.1 Å². The number of rotatable bonds is 6. The molecule has 35 heavy (non-hydrogen) atoms. The van der Waals surface area contributed by atoms with Crippen LogP contribution in [0.5, 0.6) is 11.5 Å². The number of nitrogens with zero attached hydrogens (tertiary/aromatic N) is 1. The van der Waals surface area contributed by atoms with Crippen molar-refractivity contribution in [3.05, 3.63) is 70.7 Å². The van der Waals surface area contributed by atoms with Gasteiger partial charge in [0.1, 0.15) is 11.9 Å². The second-order valence-corrected chi connectivity index (χ2v) is 9.79. The van der Waals surface area contributed by atoms with Crippen molar-refractivity contribution in [1.82, 2.24) is 4.90 Å². The summed E-state index contributed by atoms with van der Waals surface area (Å²) >= 11 is 6.37. The number of carbonyl (C=O) groups excluding carboxylic acids is 2. The van der Waals surface area contributed by atoms with E-state index in [1.807, 2.05) is 18.2 Å². The minimum Gasteiger partial charge on any atom is -0.493 e. The zero-order valence-corrected chi connectivity index (χ0v) is 20.4. The summed E-state index contributed by atoms with van der Waals surface area (Å²) in [5.74, 6) is 0.204. The number of fused-ring (bicyclic) bond motifs is 1. The van der Waals surface area contributed by atoms with E-state index in [4.69, 9.17) is 25.8 Å². The summed E-state index contributed by atoms with van der Waals surface area (Å²) in [6.07, 6.45) is 2.10. The number of alkyl halides is 1. The maximum atomic E-state index is 13.7. The topological polar surface area (TPSA) is 65.1 Å². The number of ketones is 1. The molecule has 0 saturated heterocycles. The maximum Gasteiger partial charge on any atom is 0.290 e. The molecule has 0 spiro atoms. The molecule has 1 amide bonds. The normalized spacial score (nSPS) is 25.8. The summed E-state index contributed by atoms with van der Waals surface area (Å²) in [5, 5.41) is -0.0894. The van der Waals surface area contributed by atoms with Gasteiger partial charge in [0.2, 0.25) is 0 Å². The molecule has 0 aromatic heterocycles. The second-order valence-electron chi connectivity index (χ2n) is 9.17. The number of ether oxygens (including phenoxy) is 3. The molecule has 6 nitrogen and oxygen atoms in total. The Hall–Kier alpha value is -3.06. The monoisotopic (exact) mass is 499 g/mol. The van der Waals surface area contributed by atoms with E-state index in [1.54, 1.807) is 31.3 Å². The Morgan fingerprint density at radius 1 is 1.06 bits per heavy atom. The fraction of sp³-hybridized carbons (Fsp3) is 0.407. The van der Waals surface area contributed by atoms with Gasteiger partial charge in [-0.05, 0) is 61.1 Å². The van der Waals surface area contributed by atoms with Crippen LogP contribution in [0.4, 0.5) is 4.39 Å². The largest absolute Gasteiger partial charge is 0.493 e. The van der Waals surface area contributed by atoms with E-state index < -0.39 is 6.04 Å². The van der Waals surface area contributed by atoms with E-state index >= 15 is 0 Å². The van der Waals surface area contributed by atoms with Gasteiger partial charge in [0.15, 0.2) is 23.0 Å². The van der Waals surface area contributed by atoms with E-state index in [2.05, 4.69) is 0 Å². The van der Waals surface area contributed by atoms with Crippen molar-refractivity contribution in [1.29, 1.82) is 0 Å². The molecule has 2 aromatic carbocycles. The third kappa shape index (κ3) is 4.27. The molecule has 3 aliphatic rings. The Labute approximate surface area is 208 Å². The lowest BCUT2D eigenvalue weighted by Gasteiger charge is -2.37. The van der Waals surface area contributed by atoms with Crippen LogP contribution in [0.25, 0.3) is 0 Å². The van der Waals surface area contributed by atoms with Crippen LogP contribution in [0.1, 0.15) is 36.4 Å². The van der Waals surface area contributed by atoms with Crippen molar-refractivity contribution in [2.75, 3.05) is 20.8 Å². The van der Waals surface area contributed by atoms with Gasteiger partial charge in [-0.3, -0.25) is 9.59 Å². The number of benzene rings is 2. The van der Waals surface area contributed by atoms with Gasteiger partial charge in [0, 0.05) is 11.9 Å². The zero-order chi connectivity index (χ0) is 24.7. The fourth-order valence-corrected chi connectivity index (χ4v) is 5.69. The van der Waals surface area contributed by atoms with Gasteiger partial charge in [0.05, 0.1) is 31.8 Å². The standard InChI is InChI=1S/C27H27ClFNO5/c1-33-21-9-3-15(13-22(21)34-2)11-12-30-24(16-4-7-18(29)8-5-16)23-25(31)19-14-17(28)6-10-20(19)35-26(23)27(30)32/h3-5,7-9,13,17,19-20,24H,6,10-12,14H2,1-2H3. The third-order valence-electron chi connectivity index (χ3n) is 7.15. The Kier molecular flexibility index (Phi) is 6.45. The second kappa shape index (κ2) is 9.53. The Morgan fingerprint density at radius 3 is 2.51 bits per heavy atom. The van der Waals surface area contributed by atoms with Gasteiger partial charge in [-0.15, -0.1) is 11.6 Å². The first-order valence-corrected chi connectivity index (χ1v) is 12.2. The van der Waals surface area contributed by atoms with Crippen molar-refractivity contribution in [3.63, 3.8) is 0 Å². The SMILES string of the molecule is COc1ccc(CCN2C(=O)C3=C(C(=O)C4CC(Cl)CCC4O3)C2c2ccc(F)cc2)cc1OC. The van der Waals surface area contributed by atoms with Crippen molar-refractivity contribution in [3.8, 4) is 11.5 Å². The van der Waals surface area contributed by atoms with Crippen molar-refractivity contribution >= 4 is 23.3 Å². The molecule has 2 heterocycles. The maximum absolute atomic E-state index is 13.7. The summed E-state index contributed by atoms with van der Waals surface area (Å²) in [6.45, 7) is 0.341. The average Bonchev–Trinajstić information content (AvgIpc) is 3.15. The molecule has 8 heteroatoms. The number of methoxy groups -OCH3 is 2. The van der Waals surface area contributed by atoms with Crippen LogP contribution in [0, 0.1) is 11.7 Å². The van der Waals surface area contributed by atoms with Crippen LogP contribution in [0.2, 0.25) is 0 Å². The predicted octanol–water partition coefficient (Wildman–Crippen LogP) is 4.60. The van der Waals surface area contributed by atoms with Crippen LogP contribution in [0.3, 0.4) is 0 Å². The van der Waals surface area contributed by atoms with Crippen LogP contribution >= 0.6 is 11.6 Å². The van der Waals surface area contributed by atoms with Crippen molar-refractivity contribution in [2.24, 2.45) is 5.92 Å². The summed E-state index contributed by atoms with van der Waals surface area (Å²) in [7, 11) is 3.15. The van der Waals surface area contributed by atoms with Crippen molar-refractivity contribution < 1.29 is 28.2 Å². The molecule has 1 saturated carbocycles. The lowest BCUT2D eigenvalue weighted by atomic mass is 9.77. The van der Waals surface area contributed by atoms with Crippen LogP contribution in [-0.4, -0.2) is 48.8 Å². The molecule has 0 bridgehead atoms. The van der Waals surface area contributed by atoms with E-state index in [-0.39, 0.29) is 40.7 Å². The molecule has 4 atom stereocenters. The molecule has 4 unspecified atom stereocenters. The molecule has 184 valence electrons. The highest BCUT2D eigenvalue weighted by Gasteiger charge is 2.52. The summed E-state index contributed by atoms with van der Waals surface area (Å²) in [4.78, 5) is 28.9. The number of halogens is 2. The Bertz CT molecular complexity index is 1180. The zero-order valence-electron chi connectivity index (χ0n) is 19.6. The number of hydrogen-bond donors (Lipinski definition) is 0. The Balaban J connectivity index is 1.47. The van der Waals surface area contributed by atoms with Crippen molar-refractivity contribution in [2.45, 2.75) is 43.2 Å². The van der Waals surface area contributed by atoms with Gasteiger partial charge < -0.3 is 19.1 Å². The summed E-state index contributed by atoms with van der Waals surface area (Å²) in [6, 6.07) is 10.9. The molecule has 1 fully saturated rings. The van der Waals surface area contributed by atoms with Crippen LogP contribution in [0.15, 0.2) is 53.8 Å². The van der Waals surface area contributed by atoms with E-state index in [0.29, 0.717) is 48.4 Å². The molecular weight excluding hydrogens is 473 g/mol. The Morgan fingerprint density at radius 2 is 1.80 bits per heavy atom. The summed E-state index contributed by atoms with van der Waals surface area (Å²) < 4.78 is 30.6. The van der Waals surface area contributed by atoms with Gasteiger partial charge in [-0.2, -0.15) is 0 Å². The van der Waals surface area contributed by atoms with Gasteiger partial charge in [0.25, 0.3) is 5.91 Å². The predicted molar refractivity (Wildman–Crippen MR) is 128 cm³/mol. The quantitative estimate of drug-likeness (QED) is 0.544. The molecule has 2 aliphatic heterocycles. The first-order valence-electron chi connectivity index (χ1n) is 11.8. The molecular formula is C27H27ClFNO5. The average molecular weight is 500 g/mol. The first-order chi connectivity index (χ1) is 16.9. The van der Waals surface area contributed by atoms with Crippen LogP contribution in [-0.2, 0) is 20.7 Å². The lowest BCUT2D eigenvalue weighted by molar-refractivity contribution is -0.135. The molecule has 1 aliphatic carbocycles.